The molecule has 0 saturated carbocycles. The highest BCUT2D eigenvalue weighted by Gasteiger charge is 2.14. The van der Waals surface area contributed by atoms with Crippen LogP contribution in [0.25, 0.3) is 0 Å². The van der Waals surface area contributed by atoms with Crippen molar-refractivity contribution in [1.82, 2.24) is 15.5 Å². The summed E-state index contributed by atoms with van der Waals surface area (Å²) in [6.07, 6.45) is 0. The van der Waals surface area contributed by atoms with E-state index in [1.165, 1.54) is 11.1 Å². The monoisotopic (exact) mass is 319 g/mol. The highest BCUT2D eigenvalue weighted by atomic mass is 16.2. The van der Waals surface area contributed by atoms with Crippen molar-refractivity contribution in [3.05, 3.63) is 34.9 Å². The molecule has 0 unspecified atom stereocenters. The minimum atomic E-state index is -0.0874. The van der Waals surface area contributed by atoms with Crippen LogP contribution in [0.4, 0.5) is 0 Å². The number of benzene rings is 1. The Morgan fingerprint density at radius 1 is 1.00 bits per heavy atom. The quantitative estimate of drug-likeness (QED) is 0.807. The molecule has 1 atom stereocenters. The van der Waals surface area contributed by atoms with Crippen LogP contribution < -0.4 is 10.6 Å². The van der Waals surface area contributed by atoms with E-state index < -0.39 is 0 Å². The summed E-state index contributed by atoms with van der Waals surface area (Å²) >= 11 is 0. The van der Waals surface area contributed by atoms with Gasteiger partial charge in [0, 0.05) is 6.04 Å². The topological polar surface area (TPSA) is 61.4 Å². The van der Waals surface area contributed by atoms with Crippen molar-refractivity contribution in [3.8, 4) is 0 Å². The summed E-state index contributed by atoms with van der Waals surface area (Å²) in [7, 11) is 1.76. The average molecular weight is 319 g/mol. The lowest BCUT2D eigenvalue weighted by Crippen LogP contribution is -2.42. The molecule has 2 amide bonds. The maximum absolute atomic E-state index is 12.1. The van der Waals surface area contributed by atoms with E-state index in [1.807, 2.05) is 26.8 Å². The Labute approximate surface area is 139 Å². The number of nitrogens with one attached hydrogen (secondary N) is 2. The molecule has 0 saturated heterocycles. The first-order chi connectivity index (χ1) is 10.7. The third kappa shape index (κ3) is 6.82. The fraction of sp³-hybridized carbons (Fsp3) is 0.556. The Hall–Kier alpha value is -1.88. The summed E-state index contributed by atoms with van der Waals surface area (Å²) in [5.41, 5.74) is 3.54. The molecule has 2 N–H and O–H groups in total. The smallest absolute Gasteiger partial charge is 0.234 e. The zero-order valence-electron chi connectivity index (χ0n) is 15.1. The molecule has 128 valence electrons. The van der Waals surface area contributed by atoms with Gasteiger partial charge in [0.15, 0.2) is 0 Å². The van der Waals surface area contributed by atoms with Crippen molar-refractivity contribution in [3.63, 3.8) is 0 Å². The van der Waals surface area contributed by atoms with Crippen LogP contribution in [0, 0.1) is 13.8 Å². The lowest BCUT2D eigenvalue weighted by atomic mass is 10.0. The van der Waals surface area contributed by atoms with E-state index in [4.69, 9.17) is 0 Å². The molecule has 0 aliphatic carbocycles. The van der Waals surface area contributed by atoms with Crippen LogP contribution in [0.5, 0.6) is 0 Å². The second kappa shape index (κ2) is 8.67. The van der Waals surface area contributed by atoms with E-state index in [0.29, 0.717) is 0 Å². The van der Waals surface area contributed by atoms with E-state index in [9.17, 15) is 9.59 Å². The molecule has 5 nitrogen and oxygen atoms in total. The van der Waals surface area contributed by atoms with Crippen molar-refractivity contribution in [1.29, 1.82) is 0 Å². The van der Waals surface area contributed by atoms with Gasteiger partial charge in [-0.3, -0.25) is 14.5 Å². The van der Waals surface area contributed by atoms with Gasteiger partial charge in [0.2, 0.25) is 11.8 Å². The molecular formula is C18H29N3O2. The van der Waals surface area contributed by atoms with Crippen LogP contribution in [0.1, 0.15) is 43.5 Å². The zero-order chi connectivity index (χ0) is 17.6. The molecule has 1 aromatic rings. The van der Waals surface area contributed by atoms with Crippen LogP contribution in [0.15, 0.2) is 18.2 Å². The highest BCUT2D eigenvalue weighted by Crippen LogP contribution is 2.16. The van der Waals surface area contributed by atoms with Crippen LogP contribution in [-0.4, -0.2) is 42.9 Å². The predicted molar refractivity (Wildman–Crippen MR) is 93.2 cm³/mol. The molecule has 0 bridgehead atoms. The highest BCUT2D eigenvalue weighted by molar-refractivity contribution is 5.81. The van der Waals surface area contributed by atoms with Crippen molar-refractivity contribution < 1.29 is 9.59 Å². The minimum absolute atomic E-state index is 0.0558. The number of aryl methyl sites for hydroxylation is 2. The lowest BCUT2D eigenvalue weighted by Gasteiger charge is -2.20. The molecule has 0 fully saturated rings. The second-order valence-electron chi connectivity index (χ2n) is 6.53. The molecule has 0 aliphatic rings. The van der Waals surface area contributed by atoms with Gasteiger partial charge in [0.1, 0.15) is 0 Å². The number of hydrogen-bond donors (Lipinski definition) is 2. The molecule has 5 heteroatoms. The van der Waals surface area contributed by atoms with E-state index in [2.05, 4.69) is 36.6 Å². The number of likely N-dealkylation sites (N-methyl/N-ethyl adjacent to an activating group) is 1. The molecular weight excluding hydrogens is 290 g/mol. The molecule has 0 heterocycles. The summed E-state index contributed by atoms with van der Waals surface area (Å²) in [5, 5.41) is 5.79. The fourth-order valence-electron chi connectivity index (χ4n) is 2.32. The Morgan fingerprint density at radius 3 is 2.09 bits per heavy atom. The largest absolute Gasteiger partial charge is 0.353 e. The number of hydrogen-bond acceptors (Lipinski definition) is 3. The Balaban J connectivity index is 2.48. The first-order valence-corrected chi connectivity index (χ1v) is 8.03. The molecule has 0 aliphatic heterocycles. The van der Waals surface area contributed by atoms with Crippen molar-refractivity contribution in [2.75, 3.05) is 20.1 Å². The number of rotatable bonds is 7. The summed E-state index contributed by atoms with van der Waals surface area (Å²) in [6.45, 7) is 10.3. The van der Waals surface area contributed by atoms with Gasteiger partial charge < -0.3 is 10.6 Å². The average Bonchev–Trinajstić information content (AvgIpc) is 2.39. The maximum Gasteiger partial charge on any atom is 0.234 e. The van der Waals surface area contributed by atoms with Crippen LogP contribution >= 0.6 is 0 Å². The maximum atomic E-state index is 12.1. The molecule has 1 rings (SSSR count). The first kappa shape index (κ1) is 19.2. The third-order valence-corrected chi connectivity index (χ3v) is 3.69. The number of nitrogens with zero attached hydrogens (tertiary/aromatic N) is 1. The van der Waals surface area contributed by atoms with Gasteiger partial charge in [-0.2, -0.15) is 0 Å². The molecule has 0 radical (unpaired) electrons. The standard InChI is InChI=1S/C18H29N3O2/c1-12(2)19-17(22)10-21(6)11-18(23)20-15(5)16-8-7-13(3)14(4)9-16/h7-9,12,15H,10-11H2,1-6H3,(H,19,22)(H,20,23)/t15-/m1/s1. The van der Waals surface area contributed by atoms with Crippen molar-refractivity contribution in [2.45, 2.75) is 46.7 Å². The fourth-order valence-corrected chi connectivity index (χ4v) is 2.32. The molecule has 0 spiro atoms. The van der Waals surface area contributed by atoms with Crippen molar-refractivity contribution in [2.24, 2.45) is 0 Å². The number of amides is 2. The number of carbonyl (C=O) groups excluding carboxylic acids is 2. The molecule has 23 heavy (non-hydrogen) atoms. The van der Waals surface area contributed by atoms with Gasteiger partial charge in [-0.15, -0.1) is 0 Å². The normalized spacial score (nSPS) is 12.3. The van der Waals surface area contributed by atoms with Gasteiger partial charge in [-0.1, -0.05) is 18.2 Å². The predicted octanol–water partition coefficient (Wildman–Crippen LogP) is 1.94. The van der Waals surface area contributed by atoms with E-state index >= 15 is 0 Å². The molecule has 1 aromatic carbocycles. The number of carbonyl (C=O) groups is 2. The van der Waals surface area contributed by atoms with E-state index in [-0.39, 0.29) is 37.0 Å². The third-order valence-electron chi connectivity index (χ3n) is 3.69. The SMILES string of the molecule is Cc1ccc([C@@H](C)NC(=O)CN(C)CC(=O)NC(C)C)cc1C. The lowest BCUT2D eigenvalue weighted by molar-refractivity contribution is -0.125. The summed E-state index contributed by atoms with van der Waals surface area (Å²) < 4.78 is 0. The minimum Gasteiger partial charge on any atom is -0.353 e. The van der Waals surface area contributed by atoms with Gasteiger partial charge >= 0.3 is 0 Å². The Morgan fingerprint density at radius 2 is 1.57 bits per heavy atom. The van der Waals surface area contributed by atoms with Gasteiger partial charge in [-0.05, 0) is 58.4 Å². The van der Waals surface area contributed by atoms with Gasteiger partial charge in [-0.25, -0.2) is 0 Å². The Kier molecular flexibility index (Phi) is 7.23. The van der Waals surface area contributed by atoms with Gasteiger partial charge in [0.25, 0.3) is 0 Å². The summed E-state index contributed by atoms with van der Waals surface area (Å²) in [5.74, 6) is -0.159. The van der Waals surface area contributed by atoms with E-state index in [1.54, 1.807) is 11.9 Å². The summed E-state index contributed by atoms with van der Waals surface area (Å²) in [4.78, 5) is 25.5. The van der Waals surface area contributed by atoms with E-state index in [0.717, 1.165) is 5.56 Å². The molecule has 0 aromatic heterocycles. The van der Waals surface area contributed by atoms with Crippen LogP contribution in [0.3, 0.4) is 0 Å². The zero-order valence-corrected chi connectivity index (χ0v) is 15.1. The summed E-state index contributed by atoms with van der Waals surface area (Å²) in [6, 6.07) is 6.25. The van der Waals surface area contributed by atoms with Crippen LogP contribution in [0.2, 0.25) is 0 Å². The van der Waals surface area contributed by atoms with Crippen LogP contribution in [-0.2, 0) is 9.59 Å². The Bertz CT molecular complexity index is 555. The van der Waals surface area contributed by atoms with Crippen molar-refractivity contribution >= 4 is 11.8 Å². The van der Waals surface area contributed by atoms with Gasteiger partial charge in [0.05, 0.1) is 19.1 Å². The first-order valence-electron chi connectivity index (χ1n) is 8.03. The second-order valence-corrected chi connectivity index (χ2v) is 6.53.